The molecule has 2 aromatic carbocycles. The zero-order valence-electron chi connectivity index (χ0n) is 21.7. The SMILES string of the molecule is CC(C)(C)c1nc(-c2cccc(NS(=O)(=O)c3c(F)cccc3F)c2F)c(-c2ccnc(CCCC(=O)O)n2)s1. The summed E-state index contributed by atoms with van der Waals surface area (Å²) in [5.41, 5.74) is -0.370. The van der Waals surface area contributed by atoms with E-state index in [-0.39, 0.29) is 17.7 Å². The largest absolute Gasteiger partial charge is 0.481 e. The molecule has 8 nitrogen and oxygen atoms in total. The number of sulfonamides is 1. The van der Waals surface area contributed by atoms with E-state index in [0.717, 1.165) is 24.3 Å². The summed E-state index contributed by atoms with van der Waals surface area (Å²) in [7, 11) is -4.82. The van der Waals surface area contributed by atoms with Crippen molar-refractivity contribution in [3.8, 4) is 21.8 Å². The second-order valence-corrected chi connectivity index (χ2v) is 12.5. The standard InChI is InChI=1S/C27H25F3N4O4S2/c1-27(2,3)26-33-23(24(39-26)19-13-14-31-20(32-19)11-6-12-21(35)36)15-7-4-10-18(22(15)30)34-40(37,38)25-16(28)8-5-9-17(25)29/h4-5,7-10,13-14,34H,6,11-12H2,1-3H3,(H,35,36). The first-order valence-corrected chi connectivity index (χ1v) is 14.4. The molecule has 0 aliphatic carbocycles. The molecule has 0 bridgehead atoms. The van der Waals surface area contributed by atoms with E-state index in [1.54, 1.807) is 6.07 Å². The number of anilines is 1. The average Bonchev–Trinajstić information content (AvgIpc) is 3.31. The van der Waals surface area contributed by atoms with Crippen LogP contribution in [-0.4, -0.2) is 34.4 Å². The minimum absolute atomic E-state index is 0.0434. The van der Waals surface area contributed by atoms with Crippen molar-refractivity contribution in [2.45, 2.75) is 50.3 Å². The van der Waals surface area contributed by atoms with Gasteiger partial charge in [0.1, 0.15) is 17.5 Å². The molecule has 0 saturated heterocycles. The summed E-state index contributed by atoms with van der Waals surface area (Å²) in [6.07, 6.45) is 2.13. The molecule has 13 heteroatoms. The van der Waals surface area contributed by atoms with Crippen LogP contribution < -0.4 is 4.72 Å². The number of aryl methyl sites for hydroxylation is 1. The van der Waals surface area contributed by atoms with Crippen LogP contribution >= 0.6 is 11.3 Å². The first-order valence-electron chi connectivity index (χ1n) is 12.1. The van der Waals surface area contributed by atoms with Crippen LogP contribution in [-0.2, 0) is 26.7 Å². The third-order valence-corrected chi connectivity index (χ3v) is 8.60. The van der Waals surface area contributed by atoms with Crippen molar-refractivity contribution in [3.63, 3.8) is 0 Å². The quantitative estimate of drug-likeness (QED) is 0.238. The molecule has 4 rings (SSSR count). The number of nitrogens with zero attached hydrogens (tertiary/aromatic N) is 3. The molecule has 0 atom stereocenters. The van der Waals surface area contributed by atoms with Gasteiger partial charge in [0.2, 0.25) is 0 Å². The number of benzene rings is 2. The maximum Gasteiger partial charge on any atom is 0.303 e. The van der Waals surface area contributed by atoms with Crippen molar-refractivity contribution in [1.82, 2.24) is 15.0 Å². The Balaban J connectivity index is 1.79. The van der Waals surface area contributed by atoms with Crippen LogP contribution in [0.25, 0.3) is 21.8 Å². The fourth-order valence-electron chi connectivity index (χ4n) is 3.77. The van der Waals surface area contributed by atoms with E-state index >= 15 is 4.39 Å². The number of aromatic nitrogens is 3. The lowest BCUT2D eigenvalue weighted by Crippen LogP contribution is -2.17. The van der Waals surface area contributed by atoms with E-state index in [2.05, 4.69) is 15.0 Å². The Bertz CT molecular complexity index is 1670. The van der Waals surface area contributed by atoms with Crippen molar-refractivity contribution >= 4 is 33.0 Å². The summed E-state index contributed by atoms with van der Waals surface area (Å²) >= 11 is 1.28. The highest BCUT2D eigenvalue weighted by molar-refractivity contribution is 7.92. The van der Waals surface area contributed by atoms with Crippen molar-refractivity contribution in [2.75, 3.05) is 4.72 Å². The zero-order chi connectivity index (χ0) is 29.2. The Morgan fingerprint density at radius 3 is 2.35 bits per heavy atom. The Morgan fingerprint density at radius 1 is 1.02 bits per heavy atom. The van der Waals surface area contributed by atoms with Crippen molar-refractivity contribution in [3.05, 3.63) is 76.9 Å². The molecule has 2 heterocycles. The second-order valence-electron chi connectivity index (χ2n) is 9.88. The van der Waals surface area contributed by atoms with Crippen LogP contribution in [0.3, 0.4) is 0 Å². The summed E-state index contributed by atoms with van der Waals surface area (Å²) in [5.74, 6) is -4.15. The van der Waals surface area contributed by atoms with Gasteiger partial charge in [0.25, 0.3) is 10.0 Å². The highest BCUT2D eigenvalue weighted by atomic mass is 32.2. The summed E-state index contributed by atoms with van der Waals surface area (Å²) in [6.45, 7) is 5.79. The highest BCUT2D eigenvalue weighted by Crippen LogP contribution is 2.42. The number of nitrogens with one attached hydrogen (secondary N) is 1. The van der Waals surface area contributed by atoms with Crippen LogP contribution in [0.1, 0.15) is 44.4 Å². The van der Waals surface area contributed by atoms with Gasteiger partial charge in [-0.05, 0) is 36.8 Å². The normalized spacial score (nSPS) is 11.9. The summed E-state index contributed by atoms with van der Waals surface area (Å²) in [6, 6.07) is 8.16. The molecular formula is C27H25F3N4O4S2. The van der Waals surface area contributed by atoms with Crippen molar-refractivity contribution < 1.29 is 31.5 Å². The summed E-state index contributed by atoms with van der Waals surface area (Å²) in [4.78, 5) is 23.6. The smallest absolute Gasteiger partial charge is 0.303 e. The number of hydrogen-bond donors (Lipinski definition) is 2. The fraction of sp³-hybridized carbons (Fsp3) is 0.259. The molecule has 2 aromatic heterocycles. The summed E-state index contributed by atoms with van der Waals surface area (Å²) < 4.78 is 71.8. The van der Waals surface area contributed by atoms with E-state index in [0.29, 0.717) is 34.2 Å². The Kier molecular flexibility index (Phi) is 8.26. The van der Waals surface area contributed by atoms with Gasteiger partial charge in [-0.3, -0.25) is 9.52 Å². The third-order valence-electron chi connectivity index (χ3n) is 5.68. The maximum atomic E-state index is 15.9. The van der Waals surface area contributed by atoms with Gasteiger partial charge in [0, 0.05) is 30.0 Å². The fourth-order valence-corrected chi connectivity index (χ4v) is 6.08. The Morgan fingerprint density at radius 2 is 1.70 bits per heavy atom. The predicted octanol–water partition coefficient (Wildman–Crippen LogP) is 6.19. The molecule has 0 radical (unpaired) electrons. The molecule has 0 aliphatic rings. The number of carboxylic acid groups (broad SMARTS) is 1. The first-order chi connectivity index (χ1) is 18.8. The first kappa shape index (κ1) is 29.2. The molecule has 40 heavy (non-hydrogen) atoms. The Labute approximate surface area is 233 Å². The lowest BCUT2D eigenvalue weighted by atomic mass is 9.98. The summed E-state index contributed by atoms with van der Waals surface area (Å²) in [5, 5.41) is 9.57. The van der Waals surface area contributed by atoms with Crippen LogP contribution in [0.5, 0.6) is 0 Å². The van der Waals surface area contributed by atoms with Crippen molar-refractivity contribution in [1.29, 1.82) is 0 Å². The number of halogens is 3. The van der Waals surface area contributed by atoms with Gasteiger partial charge in [0.15, 0.2) is 10.7 Å². The molecule has 210 valence electrons. The van der Waals surface area contributed by atoms with E-state index in [1.807, 2.05) is 25.5 Å². The molecule has 4 aromatic rings. The maximum absolute atomic E-state index is 15.9. The lowest BCUT2D eigenvalue weighted by Gasteiger charge is -2.14. The molecule has 0 aliphatic heterocycles. The minimum Gasteiger partial charge on any atom is -0.481 e. The van der Waals surface area contributed by atoms with Gasteiger partial charge in [0.05, 0.1) is 27.0 Å². The molecule has 0 fully saturated rings. The minimum atomic E-state index is -4.82. The van der Waals surface area contributed by atoms with Crippen molar-refractivity contribution in [2.24, 2.45) is 0 Å². The van der Waals surface area contributed by atoms with E-state index in [9.17, 15) is 22.0 Å². The lowest BCUT2D eigenvalue weighted by molar-refractivity contribution is -0.137. The van der Waals surface area contributed by atoms with Gasteiger partial charge >= 0.3 is 5.97 Å². The molecule has 0 saturated carbocycles. The van der Waals surface area contributed by atoms with Gasteiger partial charge < -0.3 is 5.11 Å². The number of carboxylic acids is 1. The number of hydrogen-bond acceptors (Lipinski definition) is 7. The van der Waals surface area contributed by atoms with E-state index < -0.39 is 49.4 Å². The third kappa shape index (κ3) is 6.31. The monoisotopic (exact) mass is 590 g/mol. The number of rotatable bonds is 9. The highest BCUT2D eigenvalue weighted by Gasteiger charge is 2.28. The average molecular weight is 591 g/mol. The van der Waals surface area contributed by atoms with Gasteiger partial charge in [-0.25, -0.2) is 36.5 Å². The Hall–Kier alpha value is -3.84. The van der Waals surface area contributed by atoms with E-state index in [1.165, 1.54) is 29.7 Å². The molecule has 0 spiro atoms. The van der Waals surface area contributed by atoms with Gasteiger partial charge in [-0.2, -0.15) is 0 Å². The van der Waals surface area contributed by atoms with E-state index in [4.69, 9.17) is 5.11 Å². The van der Waals surface area contributed by atoms with Crippen LogP contribution in [0, 0.1) is 17.5 Å². The van der Waals surface area contributed by atoms with Crippen LogP contribution in [0.15, 0.2) is 53.6 Å². The van der Waals surface area contributed by atoms with Gasteiger partial charge in [-0.15, -0.1) is 11.3 Å². The number of thiazole rings is 1. The number of aliphatic carboxylic acids is 1. The second kappa shape index (κ2) is 11.3. The molecule has 0 unspecified atom stereocenters. The van der Waals surface area contributed by atoms with Crippen LogP contribution in [0.4, 0.5) is 18.9 Å². The molecule has 2 N–H and O–H groups in total. The van der Waals surface area contributed by atoms with Crippen LogP contribution in [0.2, 0.25) is 0 Å². The van der Waals surface area contributed by atoms with Gasteiger partial charge in [-0.1, -0.05) is 32.9 Å². The molecular weight excluding hydrogens is 565 g/mol. The zero-order valence-corrected chi connectivity index (χ0v) is 23.3. The topological polar surface area (TPSA) is 122 Å². The predicted molar refractivity (Wildman–Crippen MR) is 145 cm³/mol. The molecule has 0 amide bonds. The number of carbonyl (C=O) groups is 1.